The Morgan fingerprint density at radius 1 is 1.33 bits per heavy atom. The molecule has 3 nitrogen and oxygen atoms in total. The highest BCUT2D eigenvalue weighted by Crippen LogP contribution is 2.33. The molecular weight excluding hydrogens is 339 g/mol. The van der Waals surface area contributed by atoms with E-state index >= 15 is 0 Å². The van der Waals surface area contributed by atoms with Gasteiger partial charge in [-0.25, -0.2) is 0 Å². The maximum absolute atomic E-state index is 11.6. The van der Waals surface area contributed by atoms with Gasteiger partial charge in [-0.1, -0.05) is 39.1 Å². The zero-order chi connectivity index (χ0) is 13.1. The Hall–Kier alpha value is -0.450. The third kappa shape index (κ3) is 4.04. The first-order chi connectivity index (χ1) is 8.56. The van der Waals surface area contributed by atoms with Gasteiger partial charge in [0.2, 0.25) is 5.91 Å². The first kappa shape index (κ1) is 14.0. The number of halogens is 3. The molecule has 0 saturated heterocycles. The molecule has 1 aliphatic carbocycles. The molecule has 1 aromatic rings. The molecule has 6 heteroatoms. The highest BCUT2D eigenvalue weighted by molar-refractivity contribution is 9.10. The summed E-state index contributed by atoms with van der Waals surface area (Å²) < 4.78 is 0.807. The average molecular weight is 352 g/mol. The summed E-state index contributed by atoms with van der Waals surface area (Å²) in [5.41, 5.74) is 0.586. The number of nitrogens with one attached hydrogen (secondary N) is 2. The van der Waals surface area contributed by atoms with Gasteiger partial charge in [-0.3, -0.25) is 4.79 Å². The average Bonchev–Trinajstić information content (AvgIpc) is 3.08. The van der Waals surface area contributed by atoms with Crippen LogP contribution < -0.4 is 10.6 Å². The minimum absolute atomic E-state index is 0.0445. The van der Waals surface area contributed by atoms with Gasteiger partial charge in [-0.05, 0) is 30.9 Å². The van der Waals surface area contributed by atoms with Crippen LogP contribution in [0.3, 0.4) is 0 Å². The van der Waals surface area contributed by atoms with Gasteiger partial charge in [0.05, 0.1) is 22.3 Å². The van der Waals surface area contributed by atoms with Gasteiger partial charge in [-0.2, -0.15) is 0 Å². The molecule has 2 rings (SSSR count). The lowest BCUT2D eigenvalue weighted by atomic mass is 10.3. The molecule has 0 unspecified atom stereocenters. The summed E-state index contributed by atoms with van der Waals surface area (Å²) in [4.78, 5) is 11.6. The monoisotopic (exact) mass is 350 g/mol. The number of anilines is 1. The summed E-state index contributed by atoms with van der Waals surface area (Å²) >= 11 is 15.4. The standard InChI is InChI=1S/C12H13BrCl2N2O/c13-8-3-9(14)12(10(15)4-8)17-6-11(18)16-5-7-1-2-7/h3-4,7,17H,1-2,5-6H2,(H,16,18). The van der Waals surface area contributed by atoms with Gasteiger partial charge in [-0.15, -0.1) is 0 Å². The molecule has 0 atom stereocenters. The van der Waals surface area contributed by atoms with Gasteiger partial charge < -0.3 is 10.6 Å². The van der Waals surface area contributed by atoms with Crippen molar-refractivity contribution in [2.75, 3.05) is 18.4 Å². The fourth-order valence-electron chi connectivity index (χ4n) is 1.52. The number of hydrogen-bond donors (Lipinski definition) is 2. The molecule has 1 amide bonds. The fraction of sp³-hybridized carbons (Fsp3) is 0.417. The van der Waals surface area contributed by atoms with Gasteiger partial charge in [0.1, 0.15) is 0 Å². The van der Waals surface area contributed by atoms with Crippen LogP contribution in [0.5, 0.6) is 0 Å². The van der Waals surface area contributed by atoms with Crippen molar-refractivity contribution in [3.05, 3.63) is 26.7 Å². The Morgan fingerprint density at radius 3 is 2.50 bits per heavy atom. The smallest absolute Gasteiger partial charge is 0.239 e. The van der Waals surface area contributed by atoms with E-state index in [0.717, 1.165) is 11.0 Å². The number of amides is 1. The summed E-state index contributed by atoms with van der Waals surface area (Å²) in [7, 11) is 0. The molecule has 18 heavy (non-hydrogen) atoms. The first-order valence-corrected chi connectivity index (χ1v) is 7.26. The van der Waals surface area contributed by atoms with Crippen LogP contribution in [0.4, 0.5) is 5.69 Å². The van der Waals surface area contributed by atoms with Crippen molar-refractivity contribution < 1.29 is 4.79 Å². The molecule has 1 aliphatic rings. The number of carbonyl (C=O) groups excluding carboxylic acids is 1. The first-order valence-electron chi connectivity index (χ1n) is 5.71. The largest absolute Gasteiger partial charge is 0.374 e. The molecule has 0 aliphatic heterocycles. The highest BCUT2D eigenvalue weighted by Gasteiger charge is 2.21. The van der Waals surface area contributed by atoms with E-state index in [0.29, 0.717) is 21.7 Å². The maximum Gasteiger partial charge on any atom is 0.239 e. The van der Waals surface area contributed by atoms with Crippen LogP contribution in [0, 0.1) is 5.92 Å². The zero-order valence-corrected chi connectivity index (χ0v) is 12.7. The van der Waals surface area contributed by atoms with E-state index in [1.807, 2.05) is 0 Å². The predicted octanol–water partition coefficient (Wildman–Crippen LogP) is 3.69. The van der Waals surface area contributed by atoms with Crippen LogP contribution in [0.1, 0.15) is 12.8 Å². The summed E-state index contributed by atoms with van der Waals surface area (Å²) in [6, 6.07) is 3.47. The van der Waals surface area contributed by atoms with Crippen molar-refractivity contribution in [2.24, 2.45) is 5.92 Å². The lowest BCUT2D eigenvalue weighted by Gasteiger charge is -2.11. The highest BCUT2D eigenvalue weighted by atomic mass is 79.9. The van der Waals surface area contributed by atoms with Crippen molar-refractivity contribution >= 4 is 50.7 Å². The molecule has 0 bridgehead atoms. The van der Waals surface area contributed by atoms with Crippen LogP contribution >= 0.6 is 39.1 Å². The summed E-state index contributed by atoms with van der Waals surface area (Å²) in [5.74, 6) is 0.630. The van der Waals surface area contributed by atoms with Crippen LogP contribution in [-0.4, -0.2) is 19.0 Å². The molecule has 1 fully saturated rings. The van der Waals surface area contributed by atoms with Crippen molar-refractivity contribution in [1.82, 2.24) is 5.32 Å². The fourth-order valence-corrected chi connectivity index (χ4v) is 2.86. The van der Waals surface area contributed by atoms with E-state index in [2.05, 4.69) is 26.6 Å². The van der Waals surface area contributed by atoms with Gasteiger partial charge >= 0.3 is 0 Å². The lowest BCUT2D eigenvalue weighted by Crippen LogP contribution is -2.31. The molecule has 0 aromatic heterocycles. The minimum Gasteiger partial charge on any atom is -0.374 e. The SMILES string of the molecule is O=C(CNc1c(Cl)cc(Br)cc1Cl)NCC1CC1. The second kappa shape index (κ2) is 6.13. The van der Waals surface area contributed by atoms with Crippen molar-refractivity contribution in [2.45, 2.75) is 12.8 Å². The Bertz CT molecular complexity index is 440. The zero-order valence-electron chi connectivity index (χ0n) is 9.60. The van der Waals surface area contributed by atoms with E-state index in [-0.39, 0.29) is 12.5 Å². The maximum atomic E-state index is 11.6. The van der Waals surface area contributed by atoms with Gasteiger partial charge in [0.15, 0.2) is 0 Å². The van der Waals surface area contributed by atoms with E-state index in [1.165, 1.54) is 12.8 Å². The van der Waals surface area contributed by atoms with Crippen molar-refractivity contribution in [3.8, 4) is 0 Å². The Balaban J connectivity index is 1.86. The molecule has 0 spiro atoms. The Kier molecular flexibility index (Phi) is 4.76. The molecule has 0 heterocycles. The Morgan fingerprint density at radius 2 is 1.94 bits per heavy atom. The molecule has 2 N–H and O–H groups in total. The third-order valence-electron chi connectivity index (χ3n) is 2.72. The van der Waals surface area contributed by atoms with Crippen LogP contribution in [0.25, 0.3) is 0 Å². The van der Waals surface area contributed by atoms with Gasteiger partial charge in [0, 0.05) is 11.0 Å². The van der Waals surface area contributed by atoms with Crippen LogP contribution in [-0.2, 0) is 4.79 Å². The molecule has 1 aromatic carbocycles. The van der Waals surface area contributed by atoms with Crippen molar-refractivity contribution in [3.63, 3.8) is 0 Å². The normalized spacial score (nSPS) is 14.4. The van der Waals surface area contributed by atoms with E-state index in [9.17, 15) is 4.79 Å². The Labute approximate surface area is 124 Å². The summed E-state index contributed by atoms with van der Waals surface area (Å²) in [5, 5.41) is 6.80. The molecule has 98 valence electrons. The second-order valence-electron chi connectivity index (χ2n) is 4.35. The van der Waals surface area contributed by atoms with E-state index < -0.39 is 0 Å². The van der Waals surface area contributed by atoms with E-state index in [1.54, 1.807) is 12.1 Å². The lowest BCUT2D eigenvalue weighted by molar-refractivity contribution is -0.119. The molecule has 1 saturated carbocycles. The summed E-state index contributed by atoms with van der Waals surface area (Å²) in [6.45, 7) is 0.941. The number of hydrogen-bond acceptors (Lipinski definition) is 2. The molecular formula is C12H13BrCl2N2O. The topological polar surface area (TPSA) is 41.1 Å². The predicted molar refractivity (Wildman–Crippen MR) is 78.4 cm³/mol. The third-order valence-corrected chi connectivity index (χ3v) is 3.77. The number of benzene rings is 1. The van der Waals surface area contributed by atoms with Crippen molar-refractivity contribution in [1.29, 1.82) is 0 Å². The quantitative estimate of drug-likeness (QED) is 0.849. The second-order valence-corrected chi connectivity index (χ2v) is 6.08. The van der Waals surface area contributed by atoms with Crippen LogP contribution in [0.2, 0.25) is 10.0 Å². The van der Waals surface area contributed by atoms with E-state index in [4.69, 9.17) is 23.2 Å². The number of carbonyl (C=O) groups is 1. The molecule has 0 radical (unpaired) electrons. The van der Waals surface area contributed by atoms with Crippen LogP contribution in [0.15, 0.2) is 16.6 Å². The van der Waals surface area contributed by atoms with Gasteiger partial charge in [0.25, 0.3) is 0 Å². The number of rotatable bonds is 5. The summed E-state index contributed by atoms with van der Waals surface area (Å²) in [6.07, 6.45) is 2.44. The minimum atomic E-state index is -0.0445.